The third kappa shape index (κ3) is 5.18. The van der Waals surface area contributed by atoms with E-state index in [1.807, 2.05) is 41.0 Å². The van der Waals surface area contributed by atoms with Crippen LogP contribution >= 0.6 is 23.4 Å². The Morgan fingerprint density at radius 2 is 1.81 bits per heavy atom. The second-order valence-electron chi connectivity index (χ2n) is 8.71. The van der Waals surface area contributed by atoms with E-state index in [2.05, 4.69) is 48.4 Å². The minimum absolute atomic E-state index is 0.0486. The highest BCUT2D eigenvalue weighted by atomic mass is 35.5. The second-order valence-corrected chi connectivity index (χ2v) is 10.1. The minimum Gasteiger partial charge on any atom is -0.352 e. The van der Waals surface area contributed by atoms with E-state index in [0.717, 1.165) is 23.5 Å². The molecule has 1 heterocycles. The van der Waals surface area contributed by atoms with Gasteiger partial charge in [-0.25, -0.2) is 0 Å². The lowest BCUT2D eigenvalue weighted by Crippen LogP contribution is -2.44. The fourth-order valence-corrected chi connectivity index (χ4v) is 5.13. The standard InChI is InChI=1S/C25H29ClN4OS/c1-16-7-13-21(14-8-16)30-24(19-9-11-20(26)12-10-19)28-29-25(30)32-15-23(31)27-22-6-4-5-17(2)18(22)3/h7-14,17-18,22H,4-6,15H2,1-3H3,(H,27,31)/t17-,18+,22+/m0/s1. The summed E-state index contributed by atoms with van der Waals surface area (Å²) >= 11 is 7.49. The highest BCUT2D eigenvalue weighted by Crippen LogP contribution is 2.31. The van der Waals surface area contributed by atoms with Crippen LogP contribution in [-0.2, 0) is 4.79 Å². The summed E-state index contributed by atoms with van der Waals surface area (Å²) in [6.07, 6.45) is 3.48. The zero-order valence-corrected chi connectivity index (χ0v) is 20.3. The van der Waals surface area contributed by atoms with E-state index in [4.69, 9.17) is 11.6 Å². The van der Waals surface area contributed by atoms with Crippen LogP contribution in [0.3, 0.4) is 0 Å². The molecule has 0 radical (unpaired) electrons. The van der Waals surface area contributed by atoms with Crippen molar-refractivity contribution >= 4 is 29.3 Å². The van der Waals surface area contributed by atoms with Crippen molar-refractivity contribution < 1.29 is 4.79 Å². The van der Waals surface area contributed by atoms with E-state index in [0.29, 0.717) is 27.8 Å². The number of hydrogen-bond donors (Lipinski definition) is 1. The van der Waals surface area contributed by atoms with Crippen molar-refractivity contribution in [1.82, 2.24) is 20.1 Å². The number of aromatic nitrogens is 3. The number of amides is 1. The Labute approximate surface area is 199 Å². The van der Waals surface area contributed by atoms with Crippen LogP contribution in [0.5, 0.6) is 0 Å². The Morgan fingerprint density at radius 3 is 2.53 bits per heavy atom. The lowest BCUT2D eigenvalue weighted by atomic mass is 9.78. The predicted octanol–water partition coefficient (Wildman–Crippen LogP) is 5.93. The zero-order chi connectivity index (χ0) is 22.7. The largest absolute Gasteiger partial charge is 0.352 e. The van der Waals surface area contributed by atoms with Crippen molar-refractivity contribution in [2.24, 2.45) is 11.8 Å². The van der Waals surface area contributed by atoms with Crippen LogP contribution in [-0.4, -0.2) is 32.5 Å². The fourth-order valence-electron chi connectivity index (χ4n) is 4.24. The van der Waals surface area contributed by atoms with Gasteiger partial charge in [-0.15, -0.1) is 10.2 Å². The Balaban J connectivity index is 1.55. The van der Waals surface area contributed by atoms with Gasteiger partial charge in [0.25, 0.3) is 0 Å². The summed E-state index contributed by atoms with van der Waals surface area (Å²) in [5.41, 5.74) is 3.06. The van der Waals surface area contributed by atoms with E-state index in [-0.39, 0.29) is 11.9 Å². The maximum absolute atomic E-state index is 12.7. The van der Waals surface area contributed by atoms with Crippen molar-refractivity contribution in [2.45, 2.75) is 51.2 Å². The average molecular weight is 469 g/mol. The number of nitrogens with zero attached hydrogens (tertiary/aromatic N) is 3. The molecule has 1 aliphatic carbocycles. The molecule has 3 aromatic rings. The van der Waals surface area contributed by atoms with Gasteiger partial charge < -0.3 is 5.32 Å². The first kappa shape index (κ1) is 22.9. The molecule has 4 rings (SSSR count). The van der Waals surface area contributed by atoms with Crippen LogP contribution < -0.4 is 5.32 Å². The maximum Gasteiger partial charge on any atom is 0.230 e. The van der Waals surface area contributed by atoms with Gasteiger partial charge in [0.2, 0.25) is 5.91 Å². The molecule has 5 nitrogen and oxygen atoms in total. The van der Waals surface area contributed by atoms with Gasteiger partial charge in [-0.05, 0) is 61.6 Å². The number of nitrogens with one attached hydrogen (secondary N) is 1. The topological polar surface area (TPSA) is 59.8 Å². The van der Waals surface area contributed by atoms with Crippen LogP contribution in [0.4, 0.5) is 0 Å². The van der Waals surface area contributed by atoms with Crippen LogP contribution in [0.15, 0.2) is 53.7 Å². The molecule has 0 saturated heterocycles. The van der Waals surface area contributed by atoms with Crippen molar-refractivity contribution in [1.29, 1.82) is 0 Å². The SMILES string of the molecule is Cc1ccc(-n2c(SCC(=O)N[C@@H]3CCC[C@H](C)[C@H]3C)nnc2-c2ccc(Cl)cc2)cc1. The van der Waals surface area contributed by atoms with Crippen molar-refractivity contribution in [3.63, 3.8) is 0 Å². The van der Waals surface area contributed by atoms with Crippen LogP contribution in [0.1, 0.15) is 38.7 Å². The number of hydrogen-bond acceptors (Lipinski definition) is 4. The third-order valence-electron chi connectivity index (χ3n) is 6.41. The van der Waals surface area contributed by atoms with Gasteiger partial charge in [-0.1, -0.05) is 67.7 Å². The number of benzene rings is 2. The third-order valence-corrected chi connectivity index (χ3v) is 7.59. The molecule has 0 bridgehead atoms. The minimum atomic E-state index is 0.0486. The molecular formula is C25H29ClN4OS. The summed E-state index contributed by atoms with van der Waals surface area (Å²) in [5.74, 6) is 2.23. The summed E-state index contributed by atoms with van der Waals surface area (Å²) in [5, 5.41) is 13.5. The average Bonchev–Trinajstić information content (AvgIpc) is 3.20. The second kappa shape index (κ2) is 10.1. The van der Waals surface area contributed by atoms with Crippen molar-refractivity contribution in [3.8, 4) is 17.1 Å². The summed E-state index contributed by atoms with van der Waals surface area (Å²) in [7, 11) is 0. The smallest absolute Gasteiger partial charge is 0.230 e. The lowest BCUT2D eigenvalue weighted by Gasteiger charge is -2.34. The molecule has 7 heteroatoms. The maximum atomic E-state index is 12.7. The first-order chi connectivity index (χ1) is 15.4. The van der Waals surface area contributed by atoms with E-state index in [1.54, 1.807) is 0 Å². The number of carbonyl (C=O) groups is 1. The fraction of sp³-hybridized carbons (Fsp3) is 0.400. The van der Waals surface area contributed by atoms with E-state index in [9.17, 15) is 4.79 Å². The normalized spacial score (nSPS) is 20.8. The number of halogens is 1. The number of carbonyl (C=O) groups excluding carboxylic acids is 1. The molecule has 2 aromatic carbocycles. The Morgan fingerprint density at radius 1 is 1.09 bits per heavy atom. The van der Waals surface area contributed by atoms with Gasteiger partial charge in [0.1, 0.15) is 0 Å². The molecule has 0 spiro atoms. The molecule has 1 saturated carbocycles. The highest BCUT2D eigenvalue weighted by Gasteiger charge is 2.28. The lowest BCUT2D eigenvalue weighted by molar-refractivity contribution is -0.120. The van der Waals surface area contributed by atoms with Gasteiger partial charge >= 0.3 is 0 Å². The summed E-state index contributed by atoms with van der Waals surface area (Å²) in [6.45, 7) is 6.58. The van der Waals surface area contributed by atoms with Crippen LogP contribution in [0.25, 0.3) is 17.1 Å². The molecule has 1 fully saturated rings. The molecule has 1 aromatic heterocycles. The molecule has 1 N–H and O–H groups in total. The zero-order valence-electron chi connectivity index (χ0n) is 18.7. The first-order valence-electron chi connectivity index (χ1n) is 11.1. The van der Waals surface area contributed by atoms with Crippen LogP contribution in [0, 0.1) is 18.8 Å². The van der Waals surface area contributed by atoms with Gasteiger partial charge in [0.15, 0.2) is 11.0 Å². The first-order valence-corrected chi connectivity index (χ1v) is 12.5. The van der Waals surface area contributed by atoms with E-state index >= 15 is 0 Å². The predicted molar refractivity (Wildman–Crippen MR) is 131 cm³/mol. The highest BCUT2D eigenvalue weighted by molar-refractivity contribution is 7.99. The monoisotopic (exact) mass is 468 g/mol. The Kier molecular flexibility index (Phi) is 7.21. The van der Waals surface area contributed by atoms with Crippen molar-refractivity contribution in [3.05, 3.63) is 59.1 Å². The Hall–Kier alpha value is -2.31. The molecule has 168 valence electrons. The molecule has 0 unspecified atom stereocenters. The van der Waals surface area contributed by atoms with Gasteiger partial charge in [-0.2, -0.15) is 0 Å². The Bertz CT molecular complexity index is 1060. The molecular weight excluding hydrogens is 440 g/mol. The number of thioether (sulfide) groups is 1. The van der Waals surface area contributed by atoms with Gasteiger partial charge in [-0.3, -0.25) is 9.36 Å². The molecule has 3 atom stereocenters. The van der Waals surface area contributed by atoms with Gasteiger partial charge in [0, 0.05) is 22.3 Å². The quantitative estimate of drug-likeness (QED) is 0.455. The molecule has 0 aliphatic heterocycles. The summed E-state index contributed by atoms with van der Waals surface area (Å²) < 4.78 is 2.01. The molecule has 1 amide bonds. The van der Waals surface area contributed by atoms with Gasteiger partial charge in [0.05, 0.1) is 5.75 Å². The van der Waals surface area contributed by atoms with E-state index < -0.39 is 0 Å². The molecule has 1 aliphatic rings. The van der Waals surface area contributed by atoms with E-state index in [1.165, 1.54) is 30.2 Å². The van der Waals surface area contributed by atoms with Crippen LogP contribution in [0.2, 0.25) is 5.02 Å². The number of rotatable bonds is 6. The number of aryl methyl sites for hydroxylation is 1. The molecule has 32 heavy (non-hydrogen) atoms. The summed E-state index contributed by atoms with van der Waals surface area (Å²) in [6, 6.07) is 16.0. The summed E-state index contributed by atoms with van der Waals surface area (Å²) in [4.78, 5) is 12.7. The van der Waals surface area contributed by atoms with Crippen molar-refractivity contribution in [2.75, 3.05) is 5.75 Å².